The molecule has 0 amide bonds. The lowest BCUT2D eigenvalue weighted by molar-refractivity contribution is -0.108. The highest BCUT2D eigenvalue weighted by atomic mass is 16.1. The van der Waals surface area contributed by atoms with Gasteiger partial charge in [-0.25, -0.2) is 0 Å². The fourth-order valence-corrected chi connectivity index (χ4v) is 2.94. The molecule has 0 spiro atoms. The van der Waals surface area contributed by atoms with Crippen molar-refractivity contribution in [1.29, 1.82) is 0 Å². The molecule has 23 heavy (non-hydrogen) atoms. The van der Waals surface area contributed by atoms with E-state index in [2.05, 4.69) is 29.6 Å². The van der Waals surface area contributed by atoms with Crippen LogP contribution in [0.4, 0.5) is 5.69 Å². The Labute approximate surface area is 136 Å². The Morgan fingerprint density at radius 2 is 1.13 bits per heavy atom. The second kappa shape index (κ2) is 6.93. The Morgan fingerprint density at radius 1 is 0.696 bits per heavy atom. The van der Waals surface area contributed by atoms with Crippen molar-refractivity contribution in [2.45, 2.75) is 12.0 Å². The number of anilines is 1. The lowest BCUT2D eigenvalue weighted by atomic mass is 9.80. The van der Waals surface area contributed by atoms with Gasteiger partial charge in [0, 0.05) is 12.1 Å². The van der Waals surface area contributed by atoms with Crippen molar-refractivity contribution in [3.05, 3.63) is 102 Å². The van der Waals surface area contributed by atoms with Gasteiger partial charge in [-0.1, -0.05) is 78.9 Å². The summed E-state index contributed by atoms with van der Waals surface area (Å²) in [6.07, 6.45) is 1.34. The van der Waals surface area contributed by atoms with Crippen molar-refractivity contribution >= 4 is 12.0 Å². The van der Waals surface area contributed by atoms with Crippen LogP contribution >= 0.6 is 0 Å². The molecule has 1 N–H and O–H groups in total. The molecule has 3 aromatic rings. The zero-order chi connectivity index (χ0) is 16.0. The molecule has 114 valence electrons. The molecule has 0 radical (unpaired) electrons. The molecule has 0 heterocycles. The van der Waals surface area contributed by atoms with Gasteiger partial charge in [0.05, 0.1) is 5.54 Å². The van der Waals surface area contributed by atoms with Crippen molar-refractivity contribution in [1.82, 2.24) is 0 Å². The van der Waals surface area contributed by atoms with Crippen LogP contribution in [0.2, 0.25) is 0 Å². The fourth-order valence-electron chi connectivity index (χ4n) is 2.94. The summed E-state index contributed by atoms with van der Waals surface area (Å²) in [6.45, 7) is 0. The Kier molecular flexibility index (Phi) is 4.53. The van der Waals surface area contributed by atoms with E-state index in [4.69, 9.17) is 0 Å². The Morgan fingerprint density at radius 3 is 1.57 bits per heavy atom. The van der Waals surface area contributed by atoms with E-state index >= 15 is 0 Å². The highest BCUT2D eigenvalue weighted by molar-refractivity contribution is 5.62. The summed E-state index contributed by atoms with van der Waals surface area (Å²) in [5, 5.41) is 3.59. The quantitative estimate of drug-likeness (QED) is 0.672. The number of para-hydroxylation sites is 1. The van der Waals surface area contributed by atoms with Gasteiger partial charge in [0.15, 0.2) is 0 Å². The van der Waals surface area contributed by atoms with E-state index in [1.165, 1.54) is 0 Å². The third kappa shape index (κ3) is 3.16. The summed E-state index contributed by atoms with van der Waals surface area (Å²) in [6, 6.07) is 30.2. The van der Waals surface area contributed by atoms with E-state index in [1.54, 1.807) is 0 Å². The molecule has 0 unspecified atom stereocenters. The van der Waals surface area contributed by atoms with Crippen molar-refractivity contribution < 1.29 is 4.79 Å². The molecule has 0 bridgehead atoms. The van der Waals surface area contributed by atoms with Crippen molar-refractivity contribution in [2.24, 2.45) is 0 Å². The van der Waals surface area contributed by atoms with Crippen molar-refractivity contribution in [3.63, 3.8) is 0 Å². The maximum atomic E-state index is 11.5. The molecule has 0 aliphatic carbocycles. The molecule has 0 aliphatic rings. The van der Waals surface area contributed by atoms with Gasteiger partial charge in [-0.2, -0.15) is 0 Å². The number of carbonyl (C=O) groups excluding carboxylic acids is 1. The largest absolute Gasteiger partial charge is 0.371 e. The third-order valence-electron chi connectivity index (χ3n) is 4.05. The van der Waals surface area contributed by atoms with Gasteiger partial charge in [-0.15, -0.1) is 0 Å². The van der Waals surface area contributed by atoms with Crippen LogP contribution in [-0.2, 0) is 10.3 Å². The molecule has 0 atom stereocenters. The molecular formula is C21H19NO. The molecule has 0 aromatic heterocycles. The second-order valence-electron chi connectivity index (χ2n) is 5.50. The van der Waals surface area contributed by atoms with Crippen molar-refractivity contribution in [2.75, 3.05) is 5.32 Å². The Hall–Kier alpha value is -2.87. The van der Waals surface area contributed by atoms with Gasteiger partial charge in [0.25, 0.3) is 0 Å². The maximum absolute atomic E-state index is 11.5. The van der Waals surface area contributed by atoms with Crippen LogP contribution < -0.4 is 5.32 Å². The van der Waals surface area contributed by atoms with Gasteiger partial charge in [0.1, 0.15) is 6.29 Å². The fraction of sp³-hybridized carbons (Fsp3) is 0.0952. The molecule has 0 saturated heterocycles. The minimum absolute atomic E-state index is 0.357. The normalized spacial score (nSPS) is 11.0. The summed E-state index contributed by atoms with van der Waals surface area (Å²) < 4.78 is 0. The Bertz CT molecular complexity index is 699. The molecule has 2 nitrogen and oxygen atoms in total. The smallest absolute Gasteiger partial charge is 0.123 e. The summed E-state index contributed by atoms with van der Waals surface area (Å²) >= 11 is 0. The van der Waals surface area contributed by atoms with Gasteiger partial charge in [0.2, 0.25) is 0 Å². The molecule has 3 aromatic carbocycles. The second-order valence-corrected chi connectivity index (χ2v) is 5.50. The van der Waals surface area contributed by atoms with Crippen LogP contribution in [0.1, 0.15) is 17.5 Å². The van der Waals surface area contributed by atoms with E-state index in [9.17, 15) is 4.79 Å². The van der Waals surface area contributed by atoms with Crippen LogP contribution in [0.25, 0.3) is 0 Å². The van der Waals surface area contributed by atoms with Crippen LogP contribution in [0.5, 0.6) is 0 Å². The number of rotatable bonds is 6. The van der Waals surface area contributed by atoms with Crippen molar-refractivity contribution in [3.8, 4) is 0 Å². The van der Waals surface area contributed by atoms with E-state index in [0.29, 0.717) is 6.42 Å². The van der Waals surface area contributed by atoms with E-state index < -0.39 is 5.54 Å². The molecule has 0 aliphatic heterocycles. The van der Waals surface area contributed by atoms with E-state index in [0.717, 1.165) is 23.1 Å². The summed E-state index contributed by atoms with van der Waals surface area (Å²) in [5.41, 5.74) is 2.55. The minimum atomic E-state index is -0.578. The first-order chi connectivity index (χ1) is 11.3. The third-order valence-corrected chi connectivity index (χ3v) is 4.05. The number of aldehydes is 1. The maximum Gasteiger partial charge on any atom is 0.123 e. The first-order valence-corrected chi connectivity index (χ1v) is 7.73. The Balaban J connectivity index is 2.16. The number of benzene rings is 3. The van der Waals surface area contributed by atoms with Gasteiger partial charge in [-0.3, -0.25) is 0 Å². The number of carbonyl (C=O) groups is 1. The first kappa shape index (κ1) is 15.0. The topological polar surface area (TPSA) is 29.1 Å². The summed E-state index contributed by atoms with van der Waals surface area (Å²) in [5.74, 6) is 0. The lowest BCUT2D eigenvalue weighted by Gasteiger charge is -2.35. The highest BCUT2D eigenvalue weighted by Gasteiger charge is 2.33. The molecule has 3 rings (SSSR count). The van der Waals surface area contributed by atoms with E-state index in [-0.39, 0.29) is 0 Å². The number of nitrogens with one attached hydrogen (secondary N) is 1. The average Bonchev–Trinajstić information content (AvgIpc) is 2.64. The zero-order valence-corrected chi connectivity index (χ0v) is 12.9. The average molecular weight is 301 g/mol. The van der Waals surface area contributed by atoms with E-state index in [1.807, 2.05) is 66.7 Å². The van der Waals surface area contributed by atoms with Crippen LogP contribution in [0, 0.1) is 0 Å². The zero-order valence-electron chi connectivity index (χ0n) is 12.9. The molecule has 0 fully saturated rings. The summed E-state index contributed by atoms with van der Waals surface area (Å²) in [7, 11) is 0. The van der Waals surface area contributed by atoms with Gasteiger partial charge >= 0.3 is 0 Å². The molecular weight excluding hydrogens is 282 g/mol. The predicted octanol–water partition coefficient (Wildman–Crippen LogP) is 4.63. The highest BCUT2D eigenvalue weighted by Crippen LogP contribution is 2.36. The number of hydrogen-bond donors (Lipinski definition) is 1. The standard InChI is InChI=1S/C21H19NO/c23-17-16-21(18-10-4-1-5-11-18,19-12-6-2-7-13-19)22-20-14-8-3-9-15-20/h1-15,17,22H,16H2. The summed E-state index contributed by atoms with van der Waals surface area (Å²) in [4.78, 5) is 11.5. The van der Waals surface area contributed by atoms with Crippen LogP contribution in [0.3, 0.4) is 0 Å². The van der Waals surface area contributed by atoms with Crippen LogP contribution in [0.15, 0.2) is 91.0 Å². The first-order valence-electron chi connectivity index (χ1n) is 7.73. The SMILES string of the molecule is O=CCC(Nc1ccccc1)(c1ccccc1)c1ccccc1. The molecule has 2 heteroatoms. The minimum Gasteiger partial charge on any atom is -0.371 e. The number of hydrogen-bond acceptors (Lipinski definition) is 2. The predicted molar refractivity (Wildman–Crippen MR) is 94.4 cm³/mol. The monoisotopic (exact) mass is 301 g/mol. The van der Waals surface area contributed by atoms with Gasteiger partial charge < -0.3 is 10.1 Å². The van der Waals surface area contributed by atoms with Gasteiger partial charge in [-0.05, 0) is 23.3 Å². The molecule has 0 saturated carbocycles. The lowest BCUT2D eigenvalue weighted by Crippen LogP contribution is -2.37. The van der Waals surface area contributed by atoms with Crippen LogP contribution in [-0.4, -0.2) is 6.29 Å².